The van der Waals surface area contributed by atoms with Crippen molar-refractivity contribution in [1.29, 1.82) is 0 Å². The quantitative estimate of drug-likeness (QED) is 0.353. The average Bonchev–Trinajstić information content (AvgIpc) is 3.24. The van der Waals surface area contributed by atoms with Gasteiger partial charge in [-0.3, -0.25) is 4.79 Å². The Morgan fingerprint density at radius 3 is 2.31 bits per heavy atom. The summed E-state index contributed by atoms with van der Waals surface area (Å²) in [4.78, 5) is 23.9. The molecule has 0 saturated heterocycles. The fraction of sp³-hybridized carbons (Fsp3) is 0.360. The van der Waals surface area contributed by atoms with Crippen molar-refractivity contribution in [2.45, 2.75) is 50.0 Å². The van der Waals surface area contributed by atoms with Crippen molar-refractivity contribution in [2.24, 2.45) is 0 Å². The summed E-state index contributed by atoms with van der Waals surface area (Å²) in [6, 6.07) is 16.8. The lowest BCUT2D eigenvalue weighted by molar-refractivity contribution is -0.121. The summed E-state index contributed by atoms with van der Waals surface area (Å²) >= 11 is 1.22. The number of carbonyl (C=O) groups excluding carboxylic acids is 2. The molecule has 0 radical (unpaired) electrons. The van der Waals surface area contributed by atoms with Gasteiger partial charge in [0.15, 0.2) is 0 Å². The van der Waals surface area contributed by atoms with E-state index in [1.54, 1.807) is 6.07 Å². The number of rotatable bonds is 10. The van der Waals surface area contributed by atoms with Gasteiger partial charge in [0.05, 0.1) is 0 Å². The van der Waals surface area contributed by atoms with Crippen LogP contribution >= 0.6 is 11.3 Å². The minimum Gasteiger partial charge on any atom is -0.444 e. The second-order valence-corrected chi connectivity index (χ2v) is 12.1. The fourth-order valence-corrected chi connectivity index (χ4v) is 5.68. The molecule has 35 heavy (non-hydrogen) atoms. The predicted octanol–water partition coefficient (Wildman–Crippen LogP) is 3.95. The van der Waals surface area contributed by atoms with Crippen molar-refractivity contribution in [3.05, 3.63) is 65.7 Å². The molecule has 0 fully saturated rings. The van der Waals surface area contributed by atoms with Crippen LogP contribution in [-0.4, -0.2) is 39.1 Å². The highest BCUT2D eigenvalue weighted by atomic mass is 32.2. The number of aryl methyl sites for hydroxylation is 1. The minimum atomic E-state index is -3.62. The van der Waals surface area contributed by atoms with Gasteiger partial charge in [-0.1, -0.05) is 42.5 Å². The Labute approximate surface area is 210 Å². The predicted molar refractivity (Wildman–Crippen MR) is 138 cm³/mol. The second-order valence-electron chi connectivity index (χ2n) is 9.02. The Hall–Kier alpha value is -2.95. The van der Waals surface area contributed by atoms with E-state index >= 15 is 0 Å². The van der Waals surface area contributed by atoms with Crippen molar-refractivity contribution < 1.29 is 22.7 Å². The molecule has 0 unspecified atom stereocenters. The van der Waals surface area contributed by atoms with Crippen molar-refractivity contribution in [1.82, 2.24) is 15.4 Å². The molecule has 3 aromatic rings. The van der Waals surface area contributed by atoms with Crippen LogP contribution in [0.3, 0.4) is 0 Å². The smallest absolute Gasteiger partial charge is 0.407 e. The van der Waals surface area contributed by atoms with Crippen molar-refractivity contribution in [3.8, 4) is 0 Å². The molecule has 0 bridgehead atoms. The van der Waals surface area contributed by atoms with Crippen LogP contribution in [0.4, 0.5) is 4.79 Å². The molecule has 1 heterocycles. The van der Waals surface area contributed by atoms with Crippen LogP contribution in [0.2, 0.25) is 0 Å². The van der Waals surface area contributed by atoms with E-state index in [1.165, 1.54) is 11.3 Å². The van der Waals surface area contributed by atoms with E-state index < -0.39 is 21.7 Å². The van der Waals surface area contributed by atoms with Crippen LogP contribution in [-0.2, 0) is 32.5 Å². The van der Waals surface area contributed by atoms with E-state index in [-0.39, 0.29) is 23.2 Å². The first-order chi connectivity index (χ1) is 16.5. The Morgan fingerprint density at radius 1 is 0.943 bits per heavy atom. The summed E-state index contributed by atoms with van der Waals surface area (Å²) in [5, 5.41) is 6.34. The maximum atomic E-state index is 12.5. The van der Waals surface area contributed by atoms with E-state index in [2.05, 4.69) is 15.4 Å². The first-order valence-corrected chi connectivity index (χ1v) is 13.6. The summed E-state index contributed by atoms with van der Waals surface area (Å²) < 4.78 is 33.9. The maximum Gasteiger partial charge on any atom is 0.407 e. The normalized spacial score (nSPS) is 11.9. The van der Waals surface area contributed by atoms with Gasteiger partial charge in [0.2, 0.25) is 15.9 Å². The van der Waals surface area contributed by atoms with Crippen LogP contribution in [0.15, 0.2) is 58.8 Å². The molecule has 0 atom stereocenters. The van der Waals surface area contributed by atoms with Crippen molar-refractivity contribution >= 4 is 43.4 Å². The lowest BCUT2D eigenvalue weighted by Crippen LogP contribution is -2.34. The Kier molecular flexibility index (Phi) is 8.87. The SMILES string of the molecule is CC(C)(C)OC(=O)NCc1ccc(CCC(=O)NCCNS(=O)(=O)c2cc3ccccc3s2)cc1. The number of thiophene rings is 1. The van der Waals surface area contributed by atoms with Crippen LogP contribution < -0.4 is 15.4 Å². The van der Waals surface area contributed by atoms with Crippen molar-refractivity contribution in [2.75, 3.05) is 13.1 Å². The van der Waals surface area contributed by atoms with Gasteiger partial charge in [-0.05, 0) is 55.8 Å². The first kappa shape index (κ1) is 26.7. The van der Waals surface area contributed by atoms with E-state index in [0.29, 0.717) is 19.4 Å². The first-order valence-electron chi connectivity index (χ1n) is 11.3. The Morgan fingerprint density at radius 2 is 1.63 bits per heavy atom. The zero-order chi connectivity index (χ0) is 25.5. The molecule has 3 rings (SSSR count). The van der Waals surface area contributed by atoms with Gasteiger partial charge in [-0.2, -0.15) is 0 Å². The highest BCUT2D eigenvalue weighted by Crippen LogP contribution is 2.28. The lowest BCUT2D eigenvalue weighted by Gasteiger charge is -2.19. The van der Waals surface area contributed by atoms with E-state index in [1.807, 2.05) is 69.3 Å². The largest absolute Gasteiger partial charge is 0.444 e. The zero-order valence-electron chi connectivity index (χ0n) is 20.1. The van der Waals surface area contributed by atoms with Gasteiger partial charge in [-0.25, -0.2) is 17.9 Å². The van der Waals surface area contributed by atoms with Crippen molar-refractivity contribution in [3.63, 3.8) is 0 Å². The lowest BCUT2D eigenvalue weighted by atomic mass is 10.1. The average molecular weight is 518 g/mol. The van der Waals surface area contributed by atoms with Gasteiger partial charge < -0.3 is 15.4 Å². The summed E-state index contributed by atoms with van der Waals surface area (Å²) in [6.45, 7) is 6.10. The second kappa shape index (κ2) is 11.7. The molecule has 8 nitrogen and oxygen atoms in total. The Balaban J connectivity index is 1.35. The number of carbonyl (C=O) groups is 2. The molecule has 10 heteroatoms. The number of ether oxygens (including phenoxy) is 1. The molecule has 2 aromatic carbocycles. The summed E-state index contributed by atoms with van der Waals surface area (Å²) in [5.74, 6) is -0.151. The van der Waals surface area contributed by atoms with Gasteiger partial charge in [0.1, 0.15) is 9.81 Å². The third kappa shape index (κ3) is 8.65. The van der Waals surface area contributed by atoms with Gasteiger partial charge in [0, 0.05) is 30.8 Å². The van der Waals surface area contributed by atoms with Crippen LogP contribution in [0.1, 0.15) is 38.3 Å². The highest BCUT2D eigenvalue weighted by molar-refractivity contribution is 7.91. The standard InChI is InChI=1S/C25H31N3O5S2/c1-25(2,3)33-24(30)27-17-19-10-8-18(9-11-19)12-13-22(29)26-14-15-28-35(31,32)23-16-20-6-4-5-7-21(20)34-23/h4-11,16,28H,12-15,17H2,1-3H3,(H,26,29)(H,27,30). The molecule has 1 aromatic heterocycles. The maximum absolute atomic E-state index is 12.5. The summed E-state index contributed by atoms with van der Waals surface area (Å²) in [5.41, 5.74) is 1.37. The monoisotopic (exact) mass is 517 g/mol. The molecule has 188 valence electrons. The van der Waals surface area contributed by atoms with Gasteiger partial charge in [0.25, 0.3) is 0 Å². The van der Waals surface area contributed by atoms with Gasteiger partial charge >= 0.3 is 6.09 Å². The van der Waals surface area contributed by atoms with Crippen LogP contribution in [0.25, 0.3) is 10.1 Å². The number of fused-ring (bicyclic) bond motifs is 1. The molecule has 3 N–H and O–H groups in total. The molecule has 0 aliphatic carbocycles. The summed E-state index contributed by atoms with van der Waals surface area (Å²) in [7, 11) is -3.62. The van der Waals surface area contributed by atoms with E-state index in [9.17, 15) is 18.0 Å². The highest BCUT2D eigenvalue weighted by Gasteiger charge is 2.17. The number of hydrogen-bond donors (Lipinski definition) is 3. The number of hydrogen-bond acceptors (Lipinski definition) is 6. The van der Waals surface area contributed by atoms with E-state index in [0.717, 1.165) is 21.2 Å². The molecule has 0 spiro atoms. The third-order valence-corrected chi connectivity index (χ3v) is 7.96. The molecule has 2 amide bonds. The number of nitrogens with one attached hydrogen (secondary N) is 3. The molecule has 0 saturated carbocycles. The Bertz CT molecular complexity index is 1230. The number of benzene rings is 2. The molecule has 0 aliphatic heterocycles. The van der Waals surface area contributed by atoms with Gasteiger partial charge in [-0.15, -0.1) is 11.3 Å². The number of sulfonamides is 1. The molecular weight excluding hydrogens is 486 g/mol. The summed E-state index contributed by atoms with van der Waals surface area (Å²) in [6.07, 6.45) is 0.377. The number of amides is 2. The minimum absolute atomic E-state index is 0.113. The number of alkyl carbamates (subject to hydrolysis) is 1. The van der Waals surface area contributed by atoms with E-state index in [4.69, 9.17) is 4.74 Å². The molecular formula is C25H31N3O5S2. The van der Waals surface area contributed by atoms with Crippen LogP contribution in [0.5, 0.6) is 0 Å². The third-order valence-electron chi connectivity index (χ3n) is 4.91. The molecule has 0 aliphatic rings. The zero-order valence-corrected chi connectivity index (χ0v) is 21.7. The fourth-order valence-electron chi connectivity index (χ4n) is 3.21. The van der Waals surface area contributed by atoms with Crippen LogP contribution in [0, 0.1) is 0 Å². The topological polar surface area (TPSA) is 114 Å².